The largest absolute Gasteiger partial charge is 0.444 e. The maximum absolute atomic E-state index is 12.2. The minimum absolute atomic E-state index is 0.167. The van der Waals surface area contributed by atoms with Crippen LogP contribution < -0.4 is 0 Å². The first kappa shape index (κ1) is 14.1. The van der Waals surface area contributed by atoms with Crippen molar-refractivity contribution in [2.45, 2.75) is 6.92 Å². The highest BCUT2D eigenvalue weighted by atomic mass is 79.9. The van der Waals surface area contributed by atoms with Gasteiger partial charge in [0.05, 0.1) is 0 Å². The van der Waals surface area contributed by atoms with Gasteiger partial charge in [0.1, 0.15) is 6.61 Å². The molecule has 1 aromatic heterocycles. The van der Waals surface area contributed by atoms with E-state index < -0.39 is 6.61 Å². The zero-order valence-electron chi connectivity index (χ0n) is 10.6. The zero-order chi connectivity index (χ0) is 14.0. The van der Waals surface area contributed by atoms with Crippen molar-refractivity contribution >= 4 is 27.7 Å². The third-order valence-corrected chi connectivity index (χ3v) is 3.53. The molecule has 1 fully saturated rings. The molecule has 2 rings (SSSR count). The second kappa shape index (κ2) is 5.75. The average molecular weight is 331 g/mol. The van der Waals surface area contributed by atoms with Crippen LogP contribution in [-0.4, -0.2) is 59.5 Å². The first-order valence-electron chi connectivity index (χ1n) is 5.96. The molecule has 0 saturated carbocycles. The Morgan fingerprint density at radius 2 is 1.89 bits per heavy atom. The van der Waals surface area contributed by atoms with Crippen molar-refractivity contribution in [2.75, 3.05) is 32.8 Å². The number of nitrogens with zero attached hydrogens (tertiary/aromatic N) is 2. The normalized spacial score (nSPS) is 15.7. The van der Waals surface area contributed by atoms with E-state index in [4.69, 9.17) is 9.52 Å². The van der Waals surface area contributed by atoms with Gasteiger partial charge in [-0.3, -0.25) is 9.59 Å². The Kier molecular flexibility index (Phi) is 4.26. The van der Waals surface area contributed by atoms with E-state index >= 15 is 0 Å². The number of amides is 2. The molecule has 0 atom stereocenters. The summed E-state index contributed by atoms with van der Waals surface area (Å²) in [5.74, 6) is -0.142. The van der Waals surface area contributed by atoms with Crippen molar-refractivity contribution in [3.05, 3.63) is 22.1 Å². The zero-order valence-corrected chi connectivity index (χ0v) is 12.1. The highest BCUT2D eigenvalue weighted by Crippen LogP contribution is 2.21. The number of furan rings is 1. The number of halogens is 1. The van der Waals surface area contributed by atoms with Crippen LogP contribution in [0.2, 0.25) is 0 Å². The maximum Gasteiger partial charge on any atom is 0.290 e. The van der Waals surface area contributed by atoms with E-state index in [1.165, 1.54) is 0 Å². The van der Waals surface area contributed by atoms with Gasteiger partial charge in [-0.25, -0.2) is 0 Å². The van der Waals surface area contributed by atoms with Gasteiger partial charge in [0.25, 0.3) is 5.91 Å². The van der Waals surface area contributed by atoms with Crippen LogP contribution in [0, 0.1) is 6.92 Å². The number of carbonyl (C=O) groups is 2. The molecular weight excluding hydrogens is 316 g/mol. The first-order valence-corrected chi connectivity index (χ1v) is 6.76. The van der Waals surface area contributed by atoms with Crippen molar-refractivity contribution in [1.29, 1.82) is 0 Å². The van der Waals surface area contributed by atoms with Crippen molar-refractivity contribution in [1.82, 2.24) is 9.80 Å². The standard InChI is InChI=1S/C12H15BrN2O4/c1-8-6-9(13)19-11(8)12(18)15-4-2-14(3-5-15)10(17)7-16/h6,16H,2-5,7H2,1H3. The van der Waals surface area contributed by atoms with E-state index in [1.54, 1.807) is 15.9 Å². The van der Waals surface area contributed by atoms with Crippen molar-refractivity contribution < 1.29 is 19.1 Å². The quantitative estimate of drug-likeness (QED) is 0.863. The van der Waals surface area contributed by atoms with Crippen LogP contribution in [0.25, 0.3) is 0 Å². The summed E-state index contributed by atoms with van der Waals surface area (Å²) in [6, 6.07) is 1.75. The molecule has 1 aromatic rings. The van der Waals surface area contributed by atoms with Gasteiger partial charge in [0, 0.05) is 31.7 Å². The molecule has 0 unspecified atom stereocenters. The predicted molar refractivity (Wildman–Crippen MR) is 70.7 cm³/mol. The van der Waals surface area contributed by atoms with Crippen molar-refractivity contribution in [3.8, 4) is 0 Å². The summed E-state index contributed by atoms with van der Waals surface area (Å²) in [6.07, 6.45) is 0. The first-order chi connectivity index (χ1) is 9.02. The average Bonchev–Trinajstić information content (AvgIpc) is 2.76. The molecule has 1 N–H and O–H groups in total. The highest BCUT2D eigenvalue weighted by Gasteiger charge is 2.27. The molecule has 1 aliphatic heterocycles. The smallest absolute Gasteiger partial charge is 0.290 e. The van der Waals surface area contributed by atoms with Gasteiger partial charge in [-0.2, -0.15) is 0 Å². The second-order valence-electron chi connectivity index (χ2n) is 4.39. The molecule has 6 nitrogen and oxygen atoms in total. The van der Waals surface area contributed by atoms with Gasteiger partial charge in [0.2, 0.25) is 5.91 Å². The molecule has 1 aliphatic rings. The number of aliphatic hydroxyl groups is 1. The molecule has 104 valence electrons. The van der Waals surface area contributed by atoms with Crippen LogP contribution >= 0.6 is 15.9 Å². The predicted octanol–water partition coefficient (Wildman–Crippen LogP) is 0.627. The Bertz CT molecular complexity index is 492. The van der Waals surface area contributed by atoms with Gasteiger partial charge < -0.3 is 19.3 Å². The molecule has 0 bridgehead atoms. The third-order valence-electron chi connectivity index (χ3n) is 3.14. The number of aryl methyl sites for hydroxylation is 1. The SMILES string of the molecule is Cc1cc(Br)oc1C(=O)N1CCN(C(=O)CO)CC1. The summed E-state index contributed by atoms with van der Waals surface area (Å²) in [5.41, 5.74) is 0.783. The minimum atomic E-state index is -0.488. The van der Waals surface area contributed by atoms with Crippen LogP contribution in [0.5, 0.6) is 0 Å². The van der Waals surface area contributed by atoms with Crippen LogP contribution in [0.1, 0.15) is 16.1 Å². The van der Waals surface area contributed by atoms with Gasteiger partial charge in [-0.1, -0.05) is 0 Å². The highest BCUT2D eigenvalue weighted by molar-refractivity contribution is 9.10. The monoisotopic (exact) mass is 330 g/mol. The minimum Gasteiger partial charge on any atom is -0.444 e. The van der Waals surface area contributed by atoms with Crippen molar-refractivity contribution in [3.63, 3.8) is 0 Å². The van der Waals surface area contributed by atoms with E-state index in [1.807, 2.05) is 6.92 Å². The number of rotatable bonds is 2. The van der Waals surface area contributed by atoms with Gasteiger partial charge in [-0.15, -0.1) is 0 Å². The lowest BCUT2D eigenvalue weighted by Gasteiger charge is -2.34. The number of aliphatic hydroxyl groups excluding tert-OH is 1. The van der Waals surface area contributed by atoms with Crippen LogP contribution in [0.4, 0.5) is 0 Å². The lowest BCUT2D eigenvalue weighted by atomic mass is 10.2. The molecule has 1 saturated heterocycles. The lowest BCUT2D eigenvalue weighted by Crippen LogP contribution is -2.51. The summed E-state index contributed by atoms with van der Waals surface area (Å²) in [7, 11) is 0. The molecule has 19 heavy (non-hydrogen) atoms. The van der Waals surface area contributed by atoms with E-state index in [9.17, 15) is 9.59 Å². The van der Waals surface area contributed by atoms with Gasteiger partial charge >= 0.3 is 0 Å². The fraction of sp³-hybridized carbons (Fsp3) is 0.500. The Morgan fingerprint density at radius 1 is 1.32 bits per heavy atom. The summed E-state index contributed by atoms with van der Waals surface area (Å²) in [5, 5.41) is 8.79. The summed E-state index contributed by atoms with van der Waals surface area (Å²) < 4.78 is 5.86. The third kappa shape index (κ3) is 2.98. The van der Waals surface area contributed by atoms with Gasteiger partial charge in [0.15, 0.2) is 10.4 Å². The number of carbonyl (C=O) groups excluding carboxylic acids is 2. The molecule has 0 radical (unpaired) electrons. The van der Waals surface area contributed by atoms with Crippen LogP contribution in [0.15, 0.2) is 15.2 Å². The maximum atomic E-state index is 12.2. The number of hydrogen-bond acceptors (Lipinski definition) is 4. The molecule has 0 aliphatic carbocycles. The Hall–Kier alpha value is -1.34. The fourth-order valence-electron chi connectivity index (χ4n) is 2.06. The Balaban J connectivity index is 2.00. The molecule has 0 aromatic carbocycles. The number of hydrogen-bond donors (Lipinski definition) is 1. The van der Waals surface area contributed by atoms with E-state index in [2.05, 4.69) is 15.9 Å². The van der Waals surface area contributed by atoms with E-state index in [0.29, 0.717) is 36.6 Å². The Morgan fingerprint density at radius 3 is 2.37 bits per heavy atom. The lowest BCUT2D eigenvalue weighted by molar-refractivity contribution is -0.135. The molecule has 2 amide bonds. The van der Waals surface area contributed by atoms with Gasteiger partial charge in [-0.05, 0) is 28.9 Å². The second-order valence-corrected chi connectivity index (χ2v) is 5.18. The topological polar surface area (TPSA) is 74.0 Å². The molecule has 7 heteroatoms. The van der Waals surface area contributed by atoms with Crippen molar-refractivity contribution in [2.24, 2.45) is 0 Å². The number of piperazine rings is 1. The van der Waals surface area contributed by atoms with E-state index in [0.717, 1.165) is 5.56 Å². The summed E-state index contributed by atoms with van der Waals surface area (Å²) >= 11 is 3.20. The molecular formula is C12H15BrN2O4. The van der Waals surface area contributed by atoms with Crippen LogP contribution in [-0.2, 0) is 4.79 Å². The molecule has 0 spiro atoms. The molecule has 2 heterocycles. The van der Waals surface area contributed by atoms with Crippen LogP contribution in [0.3, 0.4) is 0 Å². The van der Waals surface area contributed by atoms with E-state index in [-0.39, 0.29) is 11.8 Å². The Labute approximate surface area is 119 Å². The fourth-order valence-corrected chi connectivity index (χ4v) is 2.56. The summed E-state index contributed by atoms with van der Waals surface area (Å²) in [4.78, 5) is 26.8. The summed E-state index contributed by atoms with van der Waals surface area (Å²) in [6.45, 7) is 3.09.